The van der Waals surface area contributed by atoms with Crippen molar-refractivity contribution in [2.75, 3.05) is 32.1 Å². The molecule has 5 nitrogen and oxygen atoms in total. The van der Waals surface area contributed by atoms with Gasteiger partial charge in [0, 0.05) is 24.4 Å². The van der Waals surface area contributed by atoms with E-state index in [1.807, 2.05) is 29.2 Å². The molecule has 2 aliphatic rings. The maximum absolute atomic E-state index is 12.3. The first-order valence-corrected chi connectivity index (χ1v) is 9.05. The minimum absolute atomic E-state index is 0.161. The third-order valence-electron chi connectivity index (χ3n) is 4.22. The maximum Gasteiger partial charge on any atom is 0.233 e. The van der Waals surface area contributed by atoms with Gasteiger partial charge in [-0.05, 0) is 18.9 Å². The molecule has 1 saturated carbocycles. The molecule has 0 atom stereocenters. The van der Waals surface area contributed by atoms with Gasteiger partial charge in [-0.3, -0.25) is 4.79 Å². The van der Waals surface area contributed by atoms with E-state index < -0.39 is 0 Å². The van der Waals surface area contributed by atoms with Gasteiger partial charge in [0.25, 0.3) is 0 Å². The minimum atomic E-state index is 0.161. The molecule has 1 saturated heterocycles. The summed E-state index contributed by atoms with van der Waals surface area (Å²) in [6, 6.07) is 8.06. The van der Waals surface area contributed by atoms with Gasteiger partial charge < -0.3 is 9.64 Å². The molecule has 0 radical (unpaired) electrons. The van der Waals surface area contributed by atoms with Gasteiger partial charge in [-0.1, -0.05) is 30.0 Å². The van der Waals surface area contributed by atoms with Crippen LogP contribution in [0.25, 0.3) is 10.9 Å². The molecule has 2 fully saturated rings. The van der Waals surface area contributed by atoms with Gasteiger partial charge >= 0.3 is 0 Å². The zero-order valence-electron chi connectivity index (χ0n) is 12.9. The number of carbonyl (C=O) groups excluding carboxylic acids is 1. The lowest BCUT2D eigenvalue weighted by atomic mass is 10.2. The number of fused-ring (bicyclic) bond motifs is 1. The Bertz CT molecular complexity index is 727. The summed E-state index contributed by atoms with van der Waals surface area (Å²) >= 11 is 1.53. The van der Waals surface area contributed by atoms with Crippen molar-refractivity contribution in [3.05, 3.63) is 30.1 Å². The van der Waals surface area contributed by atoms with E-state index in [0.717, 1.165) is 21.8 Å². The predicted molar refractivity (Wildman–Crippen MR) is 89.6 cm³/mol. The Morgan fingerprint density at radius 3 is 2.78 bits per heavy atom. The fourth-order valence-electron chi connectivity index (χ4n) is 2.73. The van der Waals surface area contributed by atoms with Crippen molar-refractivity contribution < 1.29 is 9.53 Å². The van der Waals surface area contributed by atoms with E-state index in [2.05, 4.69) is 4.98 Å². The second-order valence-electron chi connectivity index (χ2n) is 5.96. The Balaban J connectivity index is 1.54. The number of hydrogen-bond acceptors (Lipinski definition) is 5. The highest BCUT2D eigenvalue weighted by atomic mass is 32.2. The third kappa shape index (κ3) is 3.33. The van der Waals surface area contributed by atoms with Crippen LogP contribution in [0.3, 0.4) is 0 Å². The van der Waals surface area contributed by atoms with E-state index in [9.17, 15) is 4.79 Å². The topological polar surface area (TPSA) is 55.3 Å². The molecule has 6 heteroatoms. The largest absolute Gasteiger partial charge is 0.378 e. The summed E-state index contributed by atoms with van der Waals surface area (Å²) in [5, 5.41) is 1.97. The molecular weight excluding hydrogens is 310 g/mol. The lowest BCUT2D eigenvalue weighted by Crippen LogP contribution is -2.41. The van der Waals surface area contributed by atoms with E-state index in [4.69, 9.17) is 9.72 Å². The average Bonchev–Trinajstić information content (AvgIpc) is 3.45. The molecule has 23 heavy (non-hydrogen) atoms. The minimum Gasteiger partial charge on any atom is -0.378 e. The van der Waals surface area contributed by atoms with Crippen molar-refractivity contribution in [2.45, 2.75) is 23.8 Å². The number of amides is 1. The lowest BCUT2D eigenvalue weighted by molar-refractivity contribution is -0.132. The van der Waals surface area contributed by atoms with Gasteiger partial charge in [0.15, 0.2) is 0 Å². The number of ether oxygens (including phenoxy) is 1. The number of hydrogen-bond donors (Lipinski definition) is 0. The standard InChI is InChI=1S/C17H19N3O2S/c21-15(20-7-9-22-10-8-20)11-23-17-13-3-1-2-4-14(13)18-16(19-17)12-5-6-12/h1-4,12H,5-11H2. The van der Waals surface area contributed by atoms with Gasteiger partial charge in [-0.2, -0.15) is 0 Å². The van der Waals surface area contributed by atoms with Gasteiger partial charge in [-0.25, -0.2) is 9.97 Å². The second kappa shape index (κ2) is 6.45. The van der Waals surface area contributed by atoms with Crippen LogP contribution in [0.5, 0.6) is 0 Å². The van der Waals surface area contributed by atoms with Crippen LogP contribution in [0, 0.1) is 0 Å². The number of benzene rings is 1. The molecule has 0 N–H and O–H groups in total. The van der Waals surface area contributed by atoms with E-state index in [1.54, 1.807) is 0 Å². The van der Waals surface area contributed by atoms with E-state index >= 15 is 0 Å². The highest BCUT2D eigenvalue weighted by Crippen LogP contribution is 2.39. The van der Waals surface area contributed by atoms with Crippen LogP contribution in [-0.2, 0) is 9.53 Å². The number of thioether (sulfide) groups is 1. The lowest BCUT2D eigenvalue weighted by Gasteiger charge is -2.26. The number of nitrogens with zero attached hydrogens (tertiary/aromatic N) is 3. The van der Waals surface area contributed by atoms with Crippen LogP contribution in [0.1, 0.15) is 24.6 Å². The molecule has 0 spiro atoms. The highest BCUT2D eigenvalue weighted by molar-refractivity contribution is 8.00. The van der Waals surface area contributed by atoms with Crippen LogP contribution in [-0.4, -0.2) is 52.8 Å². The van der Waals surface area contributed by atoms with E-state index in [-0.39, 0.29) is 5.91 Å². The molecule has 1 aromatic heterocycles. The average molecular weight is 329 g/mol. The van der Waals surface area contributed by atoms with Crippen molar-refractivity contribution in [3.63, 3.8) is 0 Å². The Labute approximate surface area is 139 Å². The second-order valence-corrected chi connectivity index (χ2v) is 6.92. The van der Waals surface area contributed by atoms with Crippen LogP contribution in [0.15, 0.2) is 29.3 Å². The zero-order valence-corrected chi connectivity index (χ0v) is 13.7. The van der Waals surface area contributed by atoms with Crippen molar-refractivity contribution in [2.24, 2.45) is 0 Å². The zero-order chi connectivity index (χ0) is 15.6. The van der Waals surface area contributed by atoms with E-state index in [1.165, 1.54) is 24.6 Å². The number of rotatable bonds is 4. The van der Waals surface area contributed by atoms with Crippen LogP contribution in [0.4, 0.5) is 0 Å². The molecule has 1 amide bonds. The monoisotopic (exact) mass is 329 g/mol. The highest BCUT2D eigenvalue weighted by Gasteiger charge is 2.27. The van der Waals surface area contributed by atoms with Crippen molar-refractivity contribution in [1.82, 2.24) is 14.9 Å². The molecule has 1 aromatic carbocycles. The quantitative estimate of drug-likeness (QED) is 0.637. The Kier molecular flexibility index (Phi) is 4.18. The number of para-hydroxylation sites is 1. The molecule has 120 valence electrons. The van der Waals surface area contributed by atoms with Gasteiger partial charge in [-0.15, -0.1) is 0 Å². The Hall–Kier alpha value is -1.66. The maximum atomic E-state index is 12.3. The van der Waals surface area contributed by atoms with Crippen LogP contribution >= 0.6 is 11.8 Å². The van der Waals surface area contributed by atoms with Gasteiger partial charge in [0.05, 0.1) is 24.5 Å². The Morgan fingerprint density at radius 1 is 1.22 bits per heavy atom. The summed E-state index contributed by atoms with van der Waals surface area (Å²) in [6.45, 7) is 2.66. The third-order valence-corrected chi connectivity index (χ3v) is 5.20. The molecule has 2 aromatic rings. The SMILES string of the molecule is O=C(CSc1nc(C2CC2)nc2ccccc12)N1CCOCC1. The normalized spacial score (nSPS) is 18.3. The van der Waals surface area contributed by atoms with E-state index in [0.29, 0.717) is 38.0 Å². The molecule has 1 aliphatic heterocycles. The van der Waals surface area contributed by atoms with Crippen LogP contribution < -0.4 is 0 Å². The van der Waals surface area contributed by atoms with Crippen LogP contribution in [0.2, 0.25) is 0 Å². The molecule has 2 heterocycles. The first-order chi connectivity index (χ1) is 11.3. The fraction of sp³-hybridized carbons (Fsp3) is 0.471. The molecule has 4 rings (SSSR count). The molecular formula is C17H19N3O2S. The smallest absolute Gasteiger partial charge is 0.233 e. The van der Waals surface area contributed by atoms with Gasteiger partial charge in [0.1, 0.15) is 10.9 Å². The molecule has 0 unspecified atom stereocenters. The summed E-state index contributed by atoms with van der Waals surface area (Å²) in [6.07, 6.45) is 2.35. The first-order valence-electron chi connectivity index (χ1n) is 8.06. The summed E-state index contributed by atoms with van der Waals surface area (Å²) in [5.41, 5.74) is 0.978. The summed E-state index contributed by atoms with van der Waals surface area (Å²) < 4.78 is 5.30. The fourth-order valence-corrected chi connectivity index (χ4v) is 3.66. The summed E-state index contributed by atoms with van der Waals surface area (Å²) in [5.74, 6) is 2.03. The van der Waals surface area contributed by atoms with Crippen molar-refractivity contribution >= 4 is 28.6 Å². The number of morpholine rings is 1. The predicted octanol–water partition coefficient (Wildman–Crippen LogP) is 2.46. The number of aromatic nitrogens is 2. The summed E-state index contributed by atoms with van der Waals surface area (Å²) in [4.78, 5) is 23.6. The van der Waals surface area contributed by atoms with Crippen molar-refractivity contribution in [3.8, 4) is 0 Å². The number of carbonyl (C=O) groups is 1. The first kappa shape index (κ1) is 14.9. The van der Waals surface area contributed by atoms with Crippen molar-refractivity contribution in [1.29, 1.82) is 0 Å². The molecule has 0 bridgehead atoms. The Morgan fingerprint density at radius 2 is 2.00 bits per heavy atom. The summed E-state index contributed by atoms with van der Waals surface area (Å²) in [7, 11) is 0. The molecule has 1 aliphatic carbocycles. The van der Waals surface area contributed by atoms with Gasteiger partial charge in [0.2, 0.25) is 5.91 Å².